The highest BCUT2D eigenvalue weighted by Gasteiger charge is 2.39. The summed E-state index contributed by atoms with van der Waals surface area (Å²) >= 11 is 0. The van der Waals surface area contributed by atoms with E-state index in [2.05, 4.69) is 41.3 Å². The number of allylic oxidation sites excluding steroid dienone is 1. The molecular weight excluding hydrogens is 361 g/mol. The fraction of sp³-hybridized carbons (Fsp3) is 0.474. The summed E-state index contributed by atoms with van der Waals surface area (Å²) in [6, 6.07) is 8.70. The molecule has 148 valence electrons. The molecule has 0 aromatic heterocycles. The predicted octanol–water partition coefficient (Wildman–Crippen LogP) is 2.77. The topological polar surface area (TPSA) is 60.9 Å². The van der Waals surface area contributed by atoms with Crippen LogP contribution >= 0.6 is 0 Å². The van der Waals surface area contributed by atoms with Gasteiger partial charge in [0.05, 0.1) is 6.54 Å². The largest absolute Gasteiger partial charge is 0.490 e. The van der Waals surface area contributed by atoms with E-state index >= 15 is 0 Å². The molecule has 1 aromatic rings. The van der Waals surface area contributed by atoms with Gasteiger partial charge < -0.3 is 10.0 Å². The maximum absolute atomic E-state index is 11.8. The zero-order chi connectivity index (χ0) is 20.2. The maximum Gasteiger partial charge on any atom is 0.490 e. The van der Waals surface area contributed by atoms with Crippen molar-refractivity contribution in [3.63, 3.8) is 0 Å². The lowest BCUT2D eigenvalue weighted by molar-refractivity contribution is -0.192. The number of carboxylic acid groups (broad SMARTS) is 1. The number of alkyl halides is 3. The molecule has 1 heterocycles. The van der Waals surface area contributed by atoms with Gasteiger partial charge in [0.25, 0.3) is 0 Å². The molecule has 2 aliphatic rings. The average Bonchev–Trinajstić information content (AvgIpc) is 2.95. The molecule has 0 saturated carbocycles. The van der Waals surface area contributed by atoms with E-state index in [-0.39, 0.29) is 11.3 Å². The number of benzene rings is 1. The first-order valence-corrected chi connectivity index (χ1v) is 8.56. The van der Waals surface area contributed by atoms with Crippen LogP contribution in [0.1, 0.15) is 24.0 Å². The Bertz CT molecular complexity index is 721. The minimum absolute atomic E-state index is 0.198. The molecular formula is C19H23F3N2O3. The molecule has 1 spiro atoms. The number of carbonyl (C=O) groups is 2. The third-order valence-electron chi connectivity index (χ3n) is 4.93. The van der Waals surface area contributed by atoms with Gasteiger partial charge >= 0.3 is 12.1 Å². The van der Waals surface area contributed by atoms with Gasteiger partial charge in [-0.25, -0.2) is 4.79 Å². The first kappa shape index (κ1) is 21.0. The number of likely N-dealkylation sites (tertiary alicyclic amines) is 1. The molecule has 1 fully saturated rings. The van der Waals surface area contributed by atoms with E-state index in [9.17, 15) is 18.0 Å². The number of carbonyl (C=O) groups excluding carboxylic acids is 1. The van der Waals surface area contributed by atoms with Crippen LogP contribution in [0.5, 0.6) is 0 Å². The molecule has 3 rings (SSSR count). The SMILES string of the molecule is CN(C)C(=O)CN1CCC2(C=Cc3ccccc32)CC1.O=C(O)C(F)(F)F. The highest BCUT2D eigenvalue weighted by atomic mass is 19.4. The van der Waals surface area contributed by atoms with E-state index in [1.54, 1.807) is 4.90 Å². The number of piperidine rings is 1. The summed E-state index contributed by atoms with van der Waals surface area (Å²) in [4.78, 5) is 24.6. The Balaban J connectivity index is 0.000000321. The Morgan fingerprint density at radius 3 is 2.26 bits per heavy atom. The van der Waals surface area contributed by atoms with Crippen molar-refractivity contribution in [3.8, 4) is 0 Å². The van der Waals surface area contributed by atoms with Crippen LogP contribution in [-0.4, -0.2) is 66.7 Å². The van der Waals surface area contributed by atoms with Crippen molar-refractivity contribution in [2.75, 3.05) is 33.7 Å². The molecule has 0 bridgehead atoms. The van der Waals surface area contributed by atoms with Crippen molar-refractivity contribution < 1.29 is 27.9 Å². The molecule has 0 unspecified atom stereocenters. The van der Waals surface area contributed by atoms with E-state index in [1.807, 2.05) is 14.1 Å². The standard InChI is InChI=1S/C17H22N2O.C2HF3O2/c1-18(2)16(20)13-19-11-9-17(10-12-19)8-7-14-5-3-4-6-15(14)17;3-2(4,5)1(6)7/h3-8H,9-13H2,1-2H3;(H,6,7). The summed E-state index contributed by atoms with van der Waals surface area (Å²) < 4.78 is 31.7. The number of aliphatic carboxylic acids is 1. The number of fused-ring (bicyclic) bond motifs is 2. The van der Waals surface area contributed by atoms with E-state index < -0.39 is 12.1 Å². The number of rotatable bonds is 2. The highest BCUT2D eigenvalue weighted by Crippen LogP contribution is 2.43. The summed E-state index contributed by atoms with van der Waals surface area (Å²) in [6.45, 7) is 2.55. The van der Waals surface area contributed by atoms with E-state index in [4.69, 9.17) is 9.90 Å². The number of likely N-dealkylation sites (N-methyl/N-ethyl adjacent to an activating group) is 1. The van der Waals surface area contributed by atoms with Gasteiger partial charge in [-0.05, 0) is 37.1 Å². The van der Waals surface area contributed by atoms with E-state index in [0.717, 1.165) is 25.9 Å². The summed E-state index contributed by atoms with van der Waals surface area (Å²) in [5, 5.41) is 7.12. The lowest BCUT2D eigenvalue weighted by Crippen LogP contribution is -2.45. The first-order chi connectivity index (χ1) is 12.5. The highest BCUT2D eigenvalue weighted by molar-refractivity contribution is 5.77. The monoisotopic (exact) mass is 384 g/mol. The van der Waals surface area contributed by atoms with Crippen molar-refractivity contribution in [2.24, 2.45) is 0 Å². The summed E-state index contributed by atoms with van der Waals surface area (Å²) in [5.41, 5.74) is 3.05. The van der Waals surface area contributed by atoms with Gasteiger partial charge in [0.2, 0.25) is 5.91 Å². The Labute approximate surface area is 156 Å². The summed E-state index contributed by atoms with van der Waals surface area (Å²) in [7, 11) is 3.65. The van der Waals surface area contributed by atoms with Gasteiger partial charge in [0.1, 0.15) is 0 Å². The van der Waals surface area contributed by atoms with Crippen molar-refractivity contribution in [1.82, 2.24) is 9.80 Å². The molecule has 1 amide bonds. The van der Waals surface area contributed by atoms with Crippen LogP contribution in [0.4, 0.5) is 13.2 Å². The Morgan fingerprint density at radius 2 is 1.74 bits per heavy atom. The lowest BCUT2D eigenvalue weighted by atomic mass is 9.74. The predicted molar refractivity (Wildman–Crippen MR) is 95.2 cm³/mol. The number of nitrogens with zero attached hydrogens (tertiary/aromatic N) is 2. The molecule has 8 heteroatoms. The number of amides is 1. The van der Waals surface area contributed by atoms with Crippen LogP contribution < -0.4 is 0 Å². The zero-order valence-corrected chi connectivity index (χ0v) is 15.3. The van der Waals surface area contributed by atoms with Crippen LogP contribution in [0.25, 0.3) is 6.08 Å². The van der Waals surface area contributed by atoms with Gasteiger partial charge in [-0.2, -0.15) is 13.2 Å². The minimum Gasteiger partial charge on any atom is -0.475 e. The number of halogens is 3. The van der Waals surface area contributed by atoms with Crippen LogP contribution in [-0.2, 0) is 15.0 Å². The van der Waals surface area contributed by atoms with Crippen LogP contribution in [0.3, 0.4) is 0 Å². The molecule has 1 aliphatic heterocycles. The van der Waals surface area contributed by atoms with Crippen molar-refractivity contribution in [3.05, 3.63) is 41.5 Å². The zero-order valence-electron chi connectivity index (χ0n) is 15.3. The Morgan fingerprint density at radius 1 is 1.19 bits per heavy atom. The van der Waals surface area contributed by atoms with Crippen molar-refractivity contribution in [1.29, 1.82) is 0 Å². The first-order valence-electron chi connectivity index (χ1n) is 8.56. The van der Waals surface area contributed by atoms with E-state index in [0.29, 0.717) is 6.54 Å². The molecule has 27 heavy (non-hydrogen) atoms. The van der Waals surface area contributed by atoms with Crippen molar-refractivity contribution >= 4 is 18.0 Å². The quantitative estimate of drug-likeness (QED) is 0.852. The van der Waals surface area contributed by atoms with Gasteiger partial charge in [-0.3, -0.25) is 9.69 Å². The number of hydrogen-bond donors (Lipinski definition) is 1. The fourth-order valence-corrected chi connectivity index (χ4v) is 3.31. The molecule has 1 saturated heterocycles. The Hall–Kier alpha value is -2.35. The second-order valence-electron chi connectivity index (χ2n) is 6.94. The fourth-order valence-electron chi connectivity index (χ4n) is 3.31. The summed E-state index contributed by atoms with van der Waals surface area (Å²) in [6.07, 6.45) is 1.78. The third kappa shape index (κ3) is 5.09. The second kappa shape index (κ2) is 8.12. The van der Waals surface area contributed by atoms with Gasteiger partial charge in [-0.15, -0.1) is 0 Å². The molecule has 5 nitrogen and oxygen atoms in total. The average molecular weight is 384 g/mol. The maximum atomic E-state index is 11.8. The third-order valence-corrected chi connectivity index (χ3v) is 4.93. The minimum atomic E-state index is -5.08. The molecule has 1 N–H and O–H groups in total. The molecule has 0 radical (unpaired) electrons. The Kier molecular flexibility index (Phi) is 6.30. The number of hydrogen-bond acceptors (Lipinski definition) is 3. The summed E-state index contributed by atoms with van der Waals surface area (Å²) in [5.74, 6) is -2.56. The van der Waals surface area contributed by atoms with Crippen molar-refractivity contribution in [2.45, 2.75) is 24.4 Å². The normalized spacial score (nSPS) is 17.8. The van der Waals surface area contributed by atoms with Gasteiger partial charge in [0, 0.05) is 19.5 Å². The van der Waals surface area contributed by atoms with E-state index in [1.165, 1.54) is 11.1 Å². The van der Waals surface area contributed by atoms with Crippen LogP contribution in [0, 0.1) is 0 Å². The van der Waals surface area contributed by atoms with Crippen LogP contribution in [0.15, 0.2) is 30.3 Å². The number of carboxylic acids is 1. The van der Waals surface area contributed by atoms with Gasteiger partial charge in [-0.1, -0.05) is 36.4 Å². The molecule has 1 aliphatic carbocycles. The lowest BCUT2D eigenvalue weighted by Gasteiger charge is -2.39. The van der Waals surface area contributed by atoms with Crippen LogP contribution in [0.2, 0.25) is 0 Å². The smallest absolute Gasteiger partial charge is 0.475 e. The molecule has 0 atom stereocenters. The molecule has 1 aromatic carbocycles. The van der Waals surface area contributed by atoms with Gasteiger partial charge in [0.15, 0.2) is 0 Å². The second-order valence-corrected chi connectivity index (χ2v) is 6.94.